The molecule has 0 bridgehead atoms. The maximum absolute atomic E-state index is 6.50. The predicted octanol–water partition coefficient (Wildman–Crippen LogP) is 11.6. The Morgan fingerprint density at radius 2 is 0.800 bits per heavy atom. The van der Waals surface area contributed by atoms with Crippen molar-refractivity contribution >= 4 is 0 Å². The van der Waals surface area contributed by atoms with E-state index in [1.165, 1.54) is 11.1 Å². The number of ether oxygens (including phenoxy) is 1. The number of para-hydroxylation sites is 2. The Bertz CT molecular complexity index is 2340. The zero-order valence-corrected chi connectivity index (χ0v) is 27.3. The van der Waals surface area contributed by atoms with Gasteiger partial charge in [-0.25, -0.2) is 9.97 Å². The number of rotatable bonds is 6. The highest BCUT2D eigenvalue weighted by Crippen LogP contribution is 2.55. The molecule has 0 saturated carbocycles. The van der Waals surface area contributed by atoms with Gasteiger partial charge in [-0.3, -0.25) is 0 Å². The average Bonchev–Trinajstić information content (AvgIpc) is 3.21. The molecule has 0 radical (unpaired) electrons. The molecule has 3 nitrogen and oxygen atoms in total. The highest BCUT2D eigenvalue weighted by atomic mass is 16.5. The molecule has 0 saturated heterocycles. The van der Waals surface area contributed by atoms with Crippen LogP contribution in [0.15, 0.2) is 194 Å². The fourth-order valence-corrected chi connectivity index (χ4v) is 7.38. The molecule has 236 valence electrons. The molecular weight excluding hydrogens is 609 g/mol. The van der Waals surface area contributed by atoms with E-state index in [0.29, 0.717) is 5.82 Å². The first kappa shape index (κ1) is 29.6. The first-order chi connectivity index (χ1) is 24.8. The molecule has 0 fully saturated rings. The van der Waals surface area contributed by atoms with E-state index < -0.39 is 5.41 Å². The van der Waals surface area contributed by atoms with E-state index in [2.05, 4.69) is 146 Å². The first-order valence-corrected chi connectivity index (χ1v) is 16.9. The third-order valence-corrected chi connectivity index (χ3v) is 9.67. The number of nitrogens with zero attached hydrogens (tertiary/aromatic N) is 2. The lowest BCUT2D eigenvalue weighted by atomic mass is 9.63. The van der Waals surface area contributed by atoms with E-state index in [4.69, 9.17) is 14.7 Å². The van der Waals surface area contributed by atoms with Crippen LogP contribution in [0.25, 0.3) is 45.0 Å². The van der Waals surface area contributed by atoms with Gasteiger partial charge in [0.25, 0.3) is 0 Å². The number of hydrogen-bond donors (Lipinski definition) is 0. The van der Waals surface area contributed by atoms with Gasteiger partial charge in [0, 0.05) is 27.8 Å². The minimum absolute atomic E-state index is 0.567. The van der Waals surface area contributed by atoms with Crippen LogP contribution in [0.5, 0.6) is 11.5 Å². The van der Waals surface area contributed by atoms with Crippen molar-refractivity contribution in [3.8, 4) is 56.5 Å². The molecule has 0 atom stereocenters. The molecule has 1 aromatic heterocycles. The Kier molecular flexibility index (Phi) is 7.37. The van der Waals surface area contributed by atoms with Gasteiger partial charge in [-0.1, -0.05) is 176 Å². The van der Waals surface area contributed by atoms with Crippen LogP contribution in [0.2, 0.25) is 0 Å². The van der Waals surface area contributed by atoms with E-state index in [9.17, 15) is 0 Å². The highest BCUT2D eigenvalue weighted by Gasteiger charge is 2.45. The van der Waals surface area contributed by atoms with Gasteiger partial charge >= 0.3 is 0 Å². The Labute approximate surface area is 292 Å². The summed E-state index contributed by atoms with van der Waals surface area (Å²) >= 11 is 0. The molecule has 1 aliphatic heterocycles. The van der Waals surface area contributed by atoms with E-state index in [-0.39, 0.29) is 0 Å². The van der Waals surface area contributed by atoms with Crippen LogP contribution in [-0.4, -0.2) is 9.97 Å². The van der Waals surface area contributed by atoms with Gasteiger partial charge < -0.3 is 4.74 Å². The number of benzene rings is 7. The van der Waals surface area contributed by atoms with Crippen LogP contribution in [0.4, 0.5) is 0 Å². The molecule has 1 aliphatic rings. The van der Waals surface area contributed by atoms with Crippen LogP contribution >= 0.6 is 0 Å². The van der Waals surface area contributed by atoms with Gasteiger partial charge in [0.05, 0.1) is 16.8 Å². The SMILES string of the molecule is c1ccc(-c2cc(-c3ccccc3)nc(-c3ccccc3-c3ccc(C4(c5ccccc5)c5ccccc5Oc5ccccc54)cc3)n2)cc1. The third-order valence-electron chi connectivity index (χ3n) is 9.67. The lowest BCUT2D eigenvalue weighted by Crippen LogP contribution is -2.34. The van der Waals surface area contributed by atoms with Crippen LogP contribution in [0.1, 0.15) is 22.3 Å². The molecule has 9 rings (SSSR count). The molecule has 0 unspecified atom stereocenters. The number of aromatic nitrogens is 2. The summed E-state index contributed by atoms with van der Waals surface area (Å²) in [5, 5.41) is 0. The summed E-state index contributed by atoms with van der Waals surface area (Å²) in [6.45, 7) is 0. The van der Waals surface area contributed by atoms with Crippen molar-refractivity contribution in [2.24, 2.45) is 0 Å². The van der Waals surface area contributed by atoms with Crippen molar-refractivity contribution in [1.29, 1.82) is 0 Å². The summed E-state index contributed by atoms with van der Waals surface area (Å²) in [7, 11) is 0. The molecule has 0 amide bonds. The van der Waals surface area contributed by atoms with Crippen molar-refractivity contribution in [1.82, 2.24) is 9.97 Å². The maximum atomic E-state index is 6.50. The summed E-state index contributed by atoms with van der Waals surface area (Å²) in [6, 6.07) is 67.8. The molecule has 0 spiro atoms. The fourth-order valence-electron chi connectivity index (χ4n) is 7.38. The monoisotopic (exact) mass is 640 g/mol. The van der Waals surface area contributed by atoms with Gasteiger partial charge in [-0.15, -0.1) is 0 Å². The van der Waals surface area contributed by atoms with Crippen LogP contribution in [-0.2, 0) is 5.41 Å². The van der Waals surface area contributed by atoms with Crippen LogP contribution < -0.4 is 4.74 Å². The Hall–Kier alpha value is -6.58. The summed E-state index contributed by atoms with van der Waals surface area (Å²) < 4.78 is 6.50. The fraction of sp³-hybridized carbons (Fsp3) is 0.0213. The lowest BCUT2D eigenvalue weighted by Gasteiger charge is -2.41. The summed E-state index contributed by atoms with van der Waals surface area (Å²) in [4.78, 5) is 10.3. The minimum atomic E-state index is -0.567. The third kappa shape index (κ3) is 4.99. The second kappa shape index (κ2) is 12.5. The predicted molar refractivity (Wildman–Crippen MR) is 202 cm³/mol. The second-order valence-corrected chi connectivity index (χ2v) is 12.5. The normalized spacial score (nSPS) is 12.7. The zero-order chi connectivity index (χ0) is 33.3. The van der Waals surface area contributed by atoms with E-state index in [1.807, 2.05) is 48.5 Å². The van der Waals surface area contributed by atoms with Gasteiger partial charge in [0.15, 0.2) is 5.82 Å². The van der Waals surface area contributed by atoms with Gasteiger partial charge in [-0.05, 0) is 40.5 Å². The topological polar surface area (TPSA) is 35.0 Å². The van der Waals surface area contributed by atoms with E-state index in [0.717, 1.165) is 61.8 Å². The highest BCUT2D eigenvalue weighted by molar-refractivity contribution is 5.83. The first-order valence-electron chi connectivity index (χ1n) is 16.9. The van der Waals surface area contributed by atoms with Crippen LogP contribution in [0.3, 0.4) is 0 Å². The molecular formula is C47H32N2O. The molecule has 0 N–H and O–H groups in total. The van der Waals surface area contributed by atoms with Crippen LogP contribution in [0, 0.1) is 0 Å². The minimum Gasteiger partial charge on any atom is -0.457 e. The van der Waals surface area contributed by atoms with Crippen molar-refractivity contribution in [3.63, 3.8) is 0 Å². The Morgan fingerprint density at radius 3 is 1.36 bits per heavy atom. The Balaban J connectivity index is 1.21. The molecule has 2 heterocycles. The molecule has 3 heteroatoms. The molecule has 7 aromatic carbocycles. The van der Waals surface area contributed by atoms with Crippen molar-refractivity contribution < 1.29 is 4.74 Å². The summed E-state index contributed by atoms with van der Waals surface area (Å²) in [5.41, 5.74) is 11.1. The maximum Gasteiger partial charge on any atom is 0.161 e. The number of fused-ring (bicyclic) bond motifs is 2. The van der Waals surface area contributed by atoms with Gasteiger partial charge in [-0.2, -0.15) is 0 Å². The average molecular weight is 641 g/mol. The van der Waals surface area contributed by atoms with Crippen molar-refractivity contribution in [2.75, 3.05) is 0 Å². The quantitative estimate of drug-likeness (QED) is 0.181. The zero-order valence-electron chi connectivity index (χ0n) is 27.3. The molecule has 50 heavy (non-hydrogen) atoms. The van der Waals surface area contributed by atoms with Gasteiger partial charge in [0.2, 0.25) is 0 Å². The summed E-state index contributed by atoms with van der Waals surface area (Å²) in [5.74, 6) is 2.43. The molecule has 8 aromatic rings. The second-order valence-electron chi connectivity index (χ2n) is 12.5. The smallest absolute Gasteiger partial charge is 0.161 e. The molecule has 0 aliphatic carbocycles. The van der Waals surface area contributed by atoms with E-state index in [1.54, 1.807) is 0 Å². The number of hydrogen-bond acceptors (Lipinski definition) is 3. The van der Waals surface area contributed by atoms with Crippen molar-refractivity contribution in [2.45, 2.75) is 5.41 Å². The standard InChI is InChI=1S/C47H32N2O/c1-4-16-34(17-5-1)42-32-43(35-18-6-2-7-19-35)49-46(48-42)39-23-11-10-22-38(39)33-28-30-37(31-29-33)47(36-20-8-3-9-21-36)40-24-12-14-26-44(40)50-45-27-15-13-25-41(45)47/h1-32H. The lowest BCUT2D eigenvalue weighted by molar-refractivity contribution is 0.434. The van der Waals surface area contributed by atoms with Gasteiger partial charge in [0.1, 0.15) is 11.5 Å². The van der Waals surface area contributed by atoms with E-state index >= 15 is 0 Å². The summed E-state index contributed by atoms with van der Waals surface area (Å²) in [6.07, 6.45) is 0. The largest absolute Gasteiger partial charge is 0.457 e. The Morgan fingerprint density at radius 1 is 0.360 bits per heavy atom. The van der Waals surface area contributed by atoms with Crippen molar-refractivity contribution in [3.05, 3.63) is 216 Å².